The van der Waals surface area contributed by atoms with Crippen molar-refractivity contribution in [3.8, 4) is 11.4 Å². The van der Waals surface area contributed by atoms with Crippen LogP contribution in [0.2, 0.25) is 0 Å². The van der Waals surface area contributed by atoms with Gasteiger partial charge in [-0.1, -0.05) is 47.2 Å². The molecule has 0 saturated heterocycles. The molecule has 1 heterocycles. The molecule has 23 heavy (non-hydrogen) atoms. The zero-order chi connectivity index (χ0) is 16.1. The molecule has 118 valence electrons. The van der Waals surface area contributed by atoms with E-state index in [1.54, 1.807) is 11.8 Å². The highest BCUT2D eigenvalue weighted by atomic mass is 16.5. The summed E-state index contributed by atoms with van der Waals surface area (Å²) in [4.78, 5) is 0. The van der Waals surface area contributed by atoms with Crippen molar-refractivity contribution in [3.63, 3.8) is 0 Å². The lowest BCUT2D eigenvalue weighted by atomic mass is 10.1. The van der Waals surface area contributed by atoms with Crippen LogP contribution in [0.5, 0.6) is 5.75 Å². The minimum atomic E-state index is 0.753. The predicted octanol–water partition coefficient (Wildman–Crippen LogP) is 3.24. The highest BCUT2D eigenvalue weighted by Gasteiger charge is 2.07. The molecule has 1 N–H and O–H groups in total. The monoisotopic (exact) mass is 308 g/mol. The average molecular weight is 308 g/mol. The van der Waals surface area contributed by atoms with Gasteiger partial charge in [0, 0.05) is 6.54 Å². The molecule has 0 aliphatic rings. The van der Waals surface area contributed by atoms with E-state index < -0.39 is 0 Å². The van der Waals surface area contributed by atoms with Gasteiger partial charge in [-0.15, -0.1) is 5.10 Å². The van der Waals surface area contributed by atoms with E-state index in [0.717, 1.165) is 30.2 Å². The van der Waals surface area contributed by atoms with Gasteiger partial charge in [-0.05, 0) is 31.0 Å². The van der Waals surface area contributed by atoms with Crippen molar-refractivity contribution in [1.29, 1.82) is 0 Å². The summed E-state index contributed by atoms with van der Waals surface area (Å²) in [5.41, 5.74) is 3.45. The zero-order valence-corrected chi connectivity index (χ0v) is 13.4. The molecule has 0 atom stereocenters. The minimum absolute atomic E-state index is 0.753. The molecule has 0 saturated carbocycles. The lowest BCUT2D eigenvalue weighted by molar-refractivity contribution is 0.411. The topological polar surface area (TPSA) is 52.0 Å². The predicted molar refractivity (Wildman–Crippen MR) is 91.3 cm³/mol. The van der Waals surface area contributed by atoms with Gasteiger partial charge in [-0.25, -0.2) is 4.68 Å². The van der Waals surface area contributed by atoms with Gasteiger partial charge in [0.25, 0.3) is 0 Å². The van der Waals surface area contributed by atoms with Crippen molar-refractivity contribution in [3.05, 3.63) is 65.9 Å². The molecule has 0 radical (unpaired) electrons. The summed E-state index contributed by atoms with van der Waals surface area (Å²) in [6, 6.07) is 16.3. The van der Waals surface area contributed by atoms with E-state index in [0.29, 0.717) is 0 Å². The van der Waals surface area contributed by atoms with Crippen molar-refractivity contribution in [2.45, 2.75) is 13.3 Å². The number of aromatic nitrogens is 3. The van der Waals surface area contributed by atoms with Crippen LogP contribution in [0.25, 0.3) is 5.69 Å². The van der Waals surface area contributed by atoms with Crippen LogP contribution in [0.3, 0.4) is 0 Å². The number of aryl methyl sites for hydroxylation is 1. The summed E-state index contributed by atoms with van der Waals surface area (Å²) >= 11 is 0. The number of nitrogens with zero attached hydrogens (tertiary/aromatic N) is 3. The number of rotatable bonds is 6. The summed E-state index contributed by atoms with van der Waals surface area (Å²) in [5, 5.41) is 11.6. The van der Waals surface area contributed by atoms with E-state index in [9.17, 15) is 0 Å². The summed E-state index contributed by atoms with van der Waals surface area (Å²) in [6.45, 7) is 2.91. The minimum Gasteiger partial charge on any atom is -0.494 e. The van der Waals surface area contributed by atoms with E-state index in [1.807, 2.05) is 30.5 Å². The van der Waals surface area contributed by atoms with Crippen LogP contribution in [0, 0.1) is 6.92 Å². The molecule has 0 amide bonds. The van der Waals surface area contributed by atoms with Crippen molar-refractivity contribution in [2.75, 3.05) is 19.0 Å². The largest absolute Gasteiger partial charge is 0.494 e. The maximum Gasteiger partial charge on any atom is 0.169 e. The Hall–Kier alpha value is -2.82. The molecule has 0 spiro atoms. The SMILES string of the molecule is COc1ccccc1-n1cc(NCCc2ccc(C)cc2)nn1. The summed E-state index contributed by atoms with van der Waals surface area (Å²) in [6.07, 6.45) is 2.81. The first-order valence-corrected chi connectivity index (χ1v) is 7.61. The molecule has 0 aliphatic carbocycles. The van der Waals surface area contributed by atoms with E-state index >= 15 is 0 Å². The zero-order valence-electron chi connectivity index (χ0n) is 13.4. The normalized spacial score (nSPS) is 10.5. The van der Waals surface area contributed by atoms with Gasteiger partial charge in [-0.3, -0.25) is 0 Å². The maximum atomic E-state index is 5.35. The fraction of sp³-hybridized carbons (Fsp3) is 0.222. The number of benzene rings is 2. The number of hydrogen-bond acceptors (Lipinski definition) is 4. The molecule has 0 unspecified atom stereocenters. The Labute approximate surface area is 135 Å². The van der Waals surface area contributed by atoms with Crippen molar-refractivity contribution in [2.24, 2.45) is 0 Å². The lowest BCUT2D eigenvalue weighted by Crippen LogP contribution is -2.05. The third-order valence-corrected chi connectivity index (χ3v) is 3.67. The van der Waals surface area contributed by atoms with E-state index in [-0.39, 0.29) is 0 Å². The first kappa shape index (κ1) is 15.1. The highest BCUT2D eigenvalue weighted by molar-refractivity contribution is 5.47. The average Bonchev–Trinajstić information content (AvgIpc) is 3.05. The van der Waals surface area contributed by atoms with E-state index in [4.69, 9.17) is 4.74 Å². The van der Waals surface area contributed by atoms with E-state index in [1.165, 1.54) is 11.1 Å². The Balaban J connectivity index is 1.62. The van der Waals surface area contributed by atoms with Gasteiger partial charge in [0.15, 0.2) is 5.82 Å². The van der Waals surface area contributed by atoms with E-state index in [2.05, 4.69) is 46.8 Å². The molecular weight excluding hydrogens is 288 g/mol. The first-order chi connectivity index (χ1) is 11.3. The van der Waals surface area contributed by atoms with Crippen LogP contribution in [0.1, 0.15) is 11.1 Å². The Kier molecular flexibility index (Phi) is 4.57. The summed E-state index contributed by atoms with van der Waals surface area (Å²) in [7, 11) is 1.65. The van der Waals surface area contributed by atoms with Crippen LogP contribution < -0.4 is 10.1 Å². The number of hydrogen-bond donors (Lipinski definition) is 1. The second-order valence-electron chi connectivity index (χ2n) is 5.38. The van der Waals surface area contributed by atoms with Gasteiger partial charge in [-0.2, -0.15) is 0 Å². The number of anilines is 1. The smallest absolute Gasteiger partial charge is 0.169 e. The Bertz CT molecular complexity index is 765. The fourth-order valence-corrected chi connectivity index (χ4v) is 2.37. The van der Waals surface area contributed by atoms with Gasteiger partial charge in [0.2, 0.25) is 0 Å². The van der Waals surface area contributed by atoms with Crippen LogP contribution in [0.15, 0.2) is 54.7 Å². The van der Waals surface area contributed by atoms with Crippen LogP contribution in [-0.2, 0) is 6.42 Å². The third-order valence-electron chi connectivity index (χ3n) is 3.67. The Morgan fingerprint density at radius 1 is 1.09 bits per heavy atom. The second kappa shape index (κ2) is 6.96. The quantitative estimate of drug-likeness (QED) is 0.759. The van der Waals surface area contributed by atoms with Crippen LogP contribution >= 0.6 is 0 Å². The summed E-state index contributed by atoms with van der Waals surface area (Å²) in [5.74, 6) is 1.52. The van der Waals surface area contributed by atoms with Gasteiger partial charge >= 0.3 is 0 Å². The molecule has 5 heteroatoms. The molecule has 0 aliphatic heterocycles. The molecule has 5 nitrogen and oxygen atoms in total. The molecular formula is C18H20N4O. The van der Waals surface area contributed by atoms with Crippen molar-refractivity contribution in [1.82, 2.24) is 15.0 Å². The molecule has 2 aromatic carbocycles. The molecule has 0 fully saturated rings. The summed E-state index contributed by atoms with van der Waals surface area (Å²) < 4.78 is 7.06. The van der Waals surface area contributed by atoms with Crippen molar-refractivity contribution >= 4 is 5.82 Å². The van der Waals surface area contributed by atoms with Gasteiger partial charge in [0.05, 0.1) is 13.3 Å². The van der Waals surface area contributed by atoms with Gasteiger partial charge in [0.1, 0.15) is 11.4 Å². The van der Waals surface area contributed by atoms with Crippen LogP contribution in [-0.4, -0.2) is 28.6 Å². The molecule has 1 aromatic heterocycles. The lowest BCUT2D eigenvalue weighted by Gasteiger charge is -2.06. The molecule has 0 bridgehead atoms. The second-order valence-corrected chi connectivity index (χ2v) is 5.38. The highest BCUT2D eigenvalue weighted by Crippen LogP contribution is 2.21. The molecule has 3 aromatic rings. The number of ether oxygens (including phenoxy) is 1. The number of nitrogens with one attached hydrogen (secondary N) is 1. The Morgan fingerprint density at radius 3 is 2.65 bits per heavy atom. The molecule has 3 rings (SSSR count). The number of para-hydroxylation sites is 2. The number of methoxy groups -OCH3 is 1. The van der Waals surface area contributed by atoms with Crippen LogP contribution in [0.4, 0.5) is 5.82 Å². The van der Waals surface area contributed by atoms with Gasteiger partial charge < -0.3 is 10.1 Å². The first-order valence-electron chi connectivity index (χ1n) is 7.61. The fourth-order valence-electron chi connectivity index (χ4n) is 2.37. The Morgan fingerprint density at radius 2 is 1.87 bits per heavy atom. The standard InChI is InChI=1S/C18H20N4O/c1-14-7-9-15(10-8-14)11-12-19-18-13-22(21-20-18)16-5-3-4-6-17(16)23-2/h3-10,13,19H,11-12H2,1-2H3. The maximum absolute atomic E-state index is 5.35. The third kappa shape index (κ3) is 3.69. The van der Waals surface area contributed by atoms with Crippen molar-refractivity contribution < 1.29 is 4.74 Å².